The summed E-state index contributed by atoms with van der Waals surface area (Å²) in [6, 6.07) is 0. The number of rotatable bonds is 6. The van der Waals surface area contributed by atoms with Crippen molar-refractivity contribution in [3.8, 4) is 0 Å². The summed E-state index contributed by atoms with van der Waals surface area (Å²) in [4.78, 5) is 23.0. The molecular weight excluding hydrogens is 398 g/mol. The highest BCUT2D eigenvalue weighted by molar-refractivity contribution is 5.93. The van der Waals surface area contributed by atoms with Crippen molar-refractivity contribution < 1.29 is 50.5 Å². The molecule has 2 rings (SSSR count). The molecule has 0 aliphatic heterocycles. The van der Waals surface area contributed by atoms with Crippen LogP contribution in [0.4, 0.5) is 26.3 Å². The number of hydrogen-bond donors (Lipinski definition) is 1. The molecule has 5 nitrogen and oxygen atoms in total. The van der Waals surface area contributed by atoms with Crippen LogP contribution in [0.3, 0.4) is 0 Å². The number of aliphatic hydroxyl groups is 1. The first-order valence-electron chi connectivity index (χ1n) is 8.51. The van der Waals surface area contributed by atoms with E-state index in [2.05, 4.69) is 11.3 Å². The number of carbonyl (C=O) groups excluding carboxylic acids is 2. The zero-order valence-corrected chi connectivity index (χ0v) is 14.9. The van der Waals surface area contributed by atoms with Gasteiger partial charge in [-0.15, -0.1) is 0 Å². The van der Waals surface area contributed by atoms with Gasteiger partial charge in [0.25, 0.3) is 5.60 Å². The van der Waals surface area contributed by atoms with Crippen molar-refractivity contribution in [3.05, 3.63) is 12.2 Å². The minimum Gasteiger partial charge on any atom is -0.469 e. The fourth-order valence-electron chi connectivity index (χ4n) is 3.98. The number of alkyl halides is 6. The zero-order chi connectivity index (χ0) is 21.5. The third-order valence-corrected chi connectivity index (χ3v) is 5.56. The van der Waals surface area contributed by atoms with E-state index in [-0.39, 0.29) is 30.8 Å². The second-order valence-corrected chi connectivity index (χ2v) is 7.33. The lowest BCUT2D eigenvalue weighted by molar-refractivity contribution is -0.375. The summed E-state index contributed by atoms with van der Waals surface area (Å²) in [5.41, 5.74) is -4.93. The molecule has 0 spiro atoms. The molecule has 0 amide bonds. The normalized spacial score (nSPS) is 27.6. The predicted molar refractivity (Wildman–Crippen MR) is 81.7 cm³/mol. The number of methoxy groups -OCH3 is 1. The minimum atomic E-state index is -5.84. The van der Waals surface area contributed by atoms with E-state index in [1.807, 2.05) is 0 Å². The summed E-state index contributed by atoms with van der Waals surface area (Å²) in [5.74, 6) is -3.24. The van der Waals surface area contributed by atoms with Crippen LogP contribution in [-0.4, -0.2) is 48.2 Å². The molecule has 160 valence electrons. The molecule has 1 N–H and O–H groups in total. The Labute approximate surface area is 156 Å². The van der Waals surface area contributed by atoms with E-state index in [1.54, 1.807) is 0 Å². The number of esters is 2. The highest BCUT2D eigenvalue weighted by Crippen LogP contribution is 2.57. The standard InChI is InChI=1S/C17H20F6O5/c1-8(3-13(24)27-2)14(25)28-11-5-9-4-10(12(9)6-11)7-15(26,16(18,19)20)17(21,22)23/h9-12,26H,1,3-7H2,2H3. The van der Waals surface area contributed by atoms with E-state index in [0.29, 0.717) is 6.42 Å². The van der Waals surface area contributed by atoms with E-state index in [0.717, 1.165) is 7.11 Å². The Morgan fingerprint density at radius 3 is 2.14 bits per heavy atom. The summed E-state index contributed by atoms with van der Waals surface area (Å²) >= 11 is 0. The number of halogens is 6. The van der Waals surface area contributed by atoms with Gasteiger partial charge in [-0.1, -0.05) is 6.58 Å². The fraction of sp³-hybridized carbons (Fsp3) is 0.765. The van der Waals surface area contributed by atoms with Gasteiger partial charge in [-0.25, -0.2) is 4.79 Å². The van der Waals surface area contributed by atoms with Crippen LogP contribution in [-0.2, 0) is 19.1 Å². The van der Waals surface area contributed by atoms with E-state index >= 15 is 0 Å². The van der Waals surface area contributed by atoms with Crippen molar-refractivity contribution in [2.75, 3.05) is 7.11 Å². The van der Waals surface area contributed by atoms with E-state index < -0.39 is 54.3 Å². The molecule has 4 unspecified atom stereocenters. The van der Waals surface area contributed by atoms with Crippen molar-refractivity contribution in [2.24, 2.45) is 17.8 Å². The Hall–Kier alpha value is -1.78. The molecule has 28 heavy (non-hydrogen) atoms. The van der Waals surface area contributed by atoms with Crippen molar-refractivity contribution in [1.29, 1.82) is 0 Å². The predicted octanol–water partition coefficient (Wildman–Crippen LogP) is 3.31. The first kappa shape index (κ1) is 22.5. The van der Waals surface area contributed by atoms with Gasteiger partial charge in [0.05, 0.1) is 13.5 Å². The second kappa shape index (κ2) is 7.57. The summed E-state index contributed by atoms with van der Waals surface area (Å²) in [6.45, 7) is 3.40. The van der Waals surface area contributed by atoms with Crippen LogP contribution in [0.1, 0.15) is 32.1 Å². The first-order chi connectivity index (χ1) is 12.7. The Balaban J connectivity index is 1.95. The molecule has 0 bridgehead atoms. The molecule has 0 aromatic rings. The lowest BCUT2D eigenvalue weighted by Crippen LogP contribution is -2.59. The summed E-state index contributed by atoms with van der Waals surface area (Å²) in [7, 11) is 1.12. The quantitative estimate of drug-likeness (QED) is 0.407. The summed E-state index contributed by atoms with van der Waals surface area (Å²) < 4.78 is 86.6. The van der Waals surface area contributed by atoms with Gasteiger partial charge in [-0.05, 0) is 43.4 Å². The smallest absolute Gasteiger partial charge is 0.426 e. The van der Waals surface area contributed by atoms with Gasteiger partial charge >= 0.3 is 24.3 Å². The Morgan fingerprint density at radius 1 is 1.07 bits per heavy atom. The number of ether oxygens (including phenoxy) is 2. The van der Waals surface area contributed by atoms with Gasteiger partial charge in [-0.2, -0.15) is 26.3 Å². The molecule has 2 fully saturated rings. The Bertz CT molecular complexity index is 627. The number of fused-ring (bicyclic) bond motifs is 1. The van der Waals surface area contributed by atoms with Crippen LogP contribution < -0.4 is 0 Å². The van der Waals surface area contributed by atoms with Crippen LogP contribution in [0, 0.1) is 17.8 Å². The minimum absolute atomic E-state index is 0.0797. The summed E-state index contributed by atoms with van der Waals surface area (Å²) in [5, 5.41) is 9.34. The van der Waals surface area contributed by atoms with Gasteiger partial charge in [0.15, 0.2) is 0 Å². The number of carbonyl (C=O) groups is 2. The van der Waals surface area contributed by atoms with Gasteiger partial charge in [0.1, 0.15) is 6.10 Å². The average Bonchev–Trinajstić information content (AvgIpc) is 2.86. The third kappa shape index (κ3) is 4.28. The Morgan fingerprint density at radius 2 is 1.64 bits per heavy atom. The molecule has 0 saturated heterocycles. The molecule has 2 aliphatic rings. The van der Waals surface area contributed by atoms with Crippen LogP contribution >= 0.6 is 0 Å². The molecule has 2 aliphatic carbocycles. The maximum Gasteiger partial charge on any atom is 0.426 e. The van der Waals surface area contributed by atoms with Crippen molar-refractivity contribution in [1.82, 2.24) is 0 Å². The maximum absolute atomic E-state index is 12.8. The third-order valence-electron chi connectivity index (χ3n) is 5.56. The van der Waals surface area contributed by atoms with Crippen LogP contribution in [0.5, 0.6) is 0 Å². The molecule has 0 heterocycles. The van der Waals surface area contributed by atoms with Crippen molar-refractivity contribution in [2.45, 2.75) is 56.2 Å². The lowest BCUT2D eigenvalue weighted by Gasteiger charge is -2.45. The first-order valence-corrected chi connectivity index (χ1v) is 8.51. The molecule has 11 heteroatoms. The summed E-state index contributed by atoms with van der Waals surface area (Å²) in [6.07, 6.45) is -13.8. The maximum atomic E-state index is 12.8. The molecule has 2 saturated carbocycles. The SMILES string of the molecule is C=C(CC(=O)OC)C(=O)OC1CC2CC(CC(O)(C(F)(F)F)C(F)(F)F)C2C1. The second-order valence-electron chi connectivity index (χ2n) is 7.33. The number of hydrogen-bond acceptors (Lipinski definition) is 5. The molecule has 0 radical (unpaired) electrons. The molecule has 0 aromatic heterocycles. The molecule has 0 aromatic carbocycles. The largest absolute Gasteiger partial charge is 0.469 e. The van der Waals surface area contributed by atoms with Gasteiger partial charge in [0.2, 0.25) is 0 Å². The van der Waals surface area contributed by atoms with Crippen LogP contribution in [0.2, 0.25) is 0 Å². The van der Waals surface area contributed by atoms with Gasteiger partial charge < -0.3 is 14.6 Å². The highest BCUT2D eigenvalue weighted by atomic mass is 19.4. The van der Waals surface area contributed by atoms with E-state index in [9.17, 15) is 41.0 Å². The van der Waals surface area contributed by atoms with Crippen LogP contribution in [0.15, 0.2) is 12.2 Å². The highest BCUT2D eigenvalue weighted by Gasteiger charge is 2.71. The topological polar surface area (TPSA) is 72.8 Å². The monoisotopic (exact) mass is 418 g/mol. The fourth-order valence-corrected chi connectivity index (χ4v) is 3.98. The average molecular weight is 418 g/mol. The van der Waals surface area contributed by atoms with Crippen LogP contribution in [0.25, 0.3) is 0 Å². The van der Waals surface area contributed by atoms with E-state index in [1.165, 1.54) is 0 Å². The van der Waals surface area contributed by atoms with Crippen molar-refractivity contribution in [3.63, 3.8) is 0 Å². The zero-order valence-electron chi connectivity index (χ0n) is 14.9. The molecular formula is C17H20F6O5. The van der Waals surface area contributed by atoms with E-state index in [4.69, 9.17) is 4.74 Å². The van der Waals surface area contributed by atoms with Gasteiger partial charge in [-0.3, -0.25) is 4.79 Å². The van der Waals surface area contributed by atoms with Gasteiger partial charge in [0, 0.05) is 5.57 Å². The Kier molecular flexibility index (Phi) is 6.08. The molecule has 4 atom stereocenters. The lowest BCUT2D eigenvalue weighted by atomic mass is 9.63. The van der Waals surface area contributed by atoms with Crippen molar-refractivity contribution >= 4 is 11.9 Å².